The molecule has 0 aromatic carbocycles. The van der Waals surface area contributed by atoms with Gasteiger partial charge in [0.25, 0.3) is 0 Å². The highest BCUT2D eigenvalue weighted by molar-refractivity contribution is 9.10. The second kappa shape index (κ2) is 8.17. The van der Waals surface area contributed by atoms with E-state index in [4.69, 9.17) is 16.3 Å². The lowest BCUT2D eigenvalue weighted by atomic mass is 9.97. The van der Waals surface area contributed by atoms with Gasteiger partial charge in [-0.15, -0.1) is 0 Å². The highest BCUT2D eigenvalue weighted by Gasteiger charge is 2.21. The van der Waals surface area contributed by atoms with Crippen molar-refractivity contribution in [2.24, 2.45) is 5.92 Å². The average Bonchev–Trinajstić information content (AvgIpc) is 2.45. The Balaban J connectivity index is 1.79. The van der Waals surface area contributed by atoms with E-state index in [2.05, 4.69) is 31.1 Å². The summed E-state index contributed by atoms with van der Waals surface area (Å²) in [5, 5.41) is 4.11. The first-order valence-electron chi connectivity index (χ1n) is 6.96. The Hall–Kier alpha value is -0.360. The predicted molar refractivity (Wildman–Crippen MR) is 86.6 cm³/mol. The topological polar surface area (TPSA) is 37.4 Å². The minimum absolute atomic E-state index is 0.665. The number of nitrogens with zero attached hydrogens (tertiary/aromatic N) is 2. The highest BCUT2D eigenvalue weighted by Crippen LogP contribution is 2.29. The van der Waals surface area contributed by atoms with E-state index >= 15 is 0 Å². The second-order valence-electron chi connectivity index (χ2n) is 5.09. The number of hydrogen-bond donors (Lipinski definition) is 1. The summed E-state index contributed by atoms with van der Waals surface area (Å²) in [5.41, 5.74) is 0. The van der Waals surface area contributed by atoms with Gasteiger partial charge in [-0.1, -0.05) is 11.6 Å². The molecule has 0 aliphatic carbocycles. The molecule has 2 rings (SSSR count). The van der Waals surface area contributed by atoms with Gasteiger partial charge < -0.3 is 15.0 Å². The minimum atomic E-state index is 0.665. The third-order valence-electron chi connectivity index (χ3n) is 3.62. The molecule has 4 nitrogen and oxygen atoms in total. The maximum Gasteiger partial charge on any atom is 0.142 e. The number of methoxy groups -OCH3 is 1. The van der Waals surface area contributed by atoms with Crippen molar-refractivity contribution in [3.05, 3.63) is 21.8 Å². The lowest BCUT2D eigenvalue weighted by molar-refractivity contribution is 0.196. The van der Waals surface area contributed by atoms with E-state index in [1.807, 2.05) is 6.07 Å². The summed E-state index contributed by atoms with van der Waals surface area (Å²) in [6, 6.07) is 1.91. The fourth-order valence-corrected chi connectivity index (χ4v) is 3.36. The van der Waals surface area contributed by atoms with Gasteiger partial charge >= 0.3 is 0 Å². The fourth-order valence-electron chi connectivity index (χ4n) is 2.47. The number of piperidine rings is 1. The van der Waals surface area contributed by atoms with Crippen LogP contribution in [0.5, 0.6) is 0 Å². The first-order chi connectivity index (χ1) is 9.70. The summed E-state index contributed by atoms with van der Waals surface area (Å²) >= 11 is 9.47. The molecule has 0 spiro atoms. The van der Waals surface area contributed by atoms with Crippen LogP contribution in [0.2, 0.25) is 5.02 Å². The lowest BCUT2D eigenvalue weighted by Gasteiger charge is -2.33. The molecular formula is C14H21BrClN3O. The van der Waals surface area contributed by atoms with Crippen molar-refractivity contribution in [3.63, 3.8) is 0 Å². The van der Waals surface area contributed by atoms with Crippen molar-refractivity contribution >= 4 is 33.3 Å². The molecule has 1 N–H and O–H groups in total. The van der Waals surface area contributed by atoms with Crippen molar-refractivity contribution in [3.8, 4) is 0 Å². The van der Waals surface area contributed by atoms with Crippen LogP contribution in [0.15, 0.2) is 16.7 Å². The molecule has 2 heterocycles. The van der Waals surface area contributed by atoms with Crippen LogP contribution in [-0.4, -0.2) is 44.9 Å². The third-order valence-corrected chi connectivity index (χ3v) is 4.41. The number of nitrogens with one attached hydrogen (secondary N) is 1. The average molecular weight is 363 g/mol. The Morgan fingerprint density at radius 1 is 1.50 bits per heavy atom. The quantitative estimate of drug-likeness (QED) is 0.790. The van der Waals surface area contributed by atoms with Crippen LogP contribution in [-0.2, 0) is 4.74 Å². The normalized spacial score (nSPS) is 16.6. The molecule has 112 valence electrons. The molecule has 0 unspecified atom stereocenters. The molecule has 0 atom stereocenters. The molecule has 6 heteroatoms. The number of rotatable bonds is 6. The zero-order chi connectivity index (χ0) is 14.4. The number of hydrogen-bond acceptors (Lipinski definition) is 4. The van der Waals surface area contributed by atoms with Gasteiger partial charge in [0.15, 0.2) is 0 Å². The monoisotopic (exact) mass is 361 g/mol. The Kier molecular flexibility index (Phi) is 6.55. The highest BCUT2D eigenvalue weighted by atomic mass is 79.9. The van der Waals surface area contributed by atoms with Crippen LogP contribution < -0.4 is 10.2 Å². The first kappa shape index (κ1) is 16.0. The van der Waals surface area contributed by atoms with Gasteiger partial charge in [-0.05, 0) is 47.3 Å². The first-order valence-corrected chi connectivity index (χ1v) is 8.13. The van der Waals surface area contributed by atoms with Crippen LogP contribution in [0, 0.1) is 5.92 Å². The van der Waals surface area contributed by atoms with Crippen molar-refractivity contribution in [2.45, 2.75) is 12.8 Å². The van der Waals surface area contributed by atoms with Crippen molar-refractivity contribution in [2.75, 3.05) is 44.8 Å². The van der Waals surface area contributed by atoms with Crippen molar-refractivity contribution in [1.29, 1.82) is 0 Å². The molecule has 1 aliphatic rings. The van der Waals surface area contributed by atoms with Crippen LogP contribution in [0.25, 0.3) is 0 Å². The Morgan fingerprint density at radius 2 is 2.25 bits per heavy atom. The van der Waals surface area contributed by atoms with Crippen LogP contribution in [0.1, 0.15) is 12.8 Å². The molecule has 1 aromatic heterocycles. The minimum Gasteiger partial charge on any atom is -0.383 e. The summed E-state index contributed by atoms with van der Waals surface area (Å²) < 4.78 is 6.01. The fraction of sp³-hybridized carbons (Fsp3) is 0.643. The standard InChI is InChI=1S/C14H21BrClN3O/c1-20-7-4-17-9-11-2-5-19(6-3-11)14-13(15)8-12(16)10-18-14/h8,10-11,17H,2-7,9H2,1H3. The maximum atomic E-state index is 5.93. The van der Waals surface area contributed by atoms with Gasteiger partial charge in [0, 0.05) is 32.9 Å². The summed E-state index contributed by atoms with van der Waals surface area (Å²) in [6.45, 7) is 4.88. The van der Waals surface area contributed by atoms with E-state index < -0.39 is 0 Å². The molecule has 0 amide bonds. The smallest absolute Gasteiger partial charge is 0.142 e. The predicted octanol–water partition coefficient (Wildman–Crippen LogP) is 2.95. The van der Waals surface area contributed by atoms with Crippen LogP contribution in [0.4, 0.5) is 5.82 Å². The number of aromatic nitrogens is 1. The number of ether oxygens (including phenoxy) is 1. The summed E-state index contributed by atoms with van der Waals surface area (Å²) in [6.07, 6.45) is 4.09. The van der Waals surface area contributed by atoms with Gasteiger partial charge in [0.2, 0.25) is 0 Å². The SMILES string of the molecule is COCCNCC1CCN(c2ncc(Cl)cc2Br)CC1. The van der Waals surface area contributed by atoms with Crippen molar-refractivity contribution < 1.29 is 4.74 Å². The molecule has 1 saturated heterocycles. The second-order valence-corrected chi connectivity index (χ2v) is 6.38. The van der Waals surface area contributed by atoms with Gasteiger partial charge in [-0.3, -0.25) is 0 Å². The zero-order valence-corrected chi connectivity index (χ0v) is 14.1. The molecule has 1 aliphatic heterocycles. The van der Waals surface area contributed by atoms with E-state index in [1.54, 1.807) is 13.3 Å². The van der Waals surface area contributed by atoms with E-state index in [0.29, 0.717) is 5.02 Å². The van der Waals surface area contributed by atoms with E-state index in [0.717, 1.165) is 49.0 Å². The van der Waals surface area contributed by atoms with Gasteiger partial charge in [-0.25, -0.2) is 4.98 Å². The van der Waals surface area contributed by atoms with Crippen molar-refractivity contribution in [1.82, 2.24) is 10.3 Å². The summed E-state index contributed by atoms with van der Waals surface area (Å²) in [5.74, 6) is 1.74. The Morgan fingerprint density at radius 3 is 2.90 bits per heavy atom. The molecule has 1 fully saturated rings. The number of anilines is 1. The third kappa shape index (κ3) is 4.58. The van der Waals surface area contributed by atoms with Gasteiger partial charge in [0.1, 0.15) is 5.82 Å². The molecule has 0 saturated carbocycles. The molecule has 0 bridgehead atoms. The van der Waals surface area contributed by atoms with E-state index in [1.165, 1.54) is 12.8 Å². The Labute approximate surface area is 134 Å². The zero-order valence-electron chi connectivity index (χ0n) is 11.7. The lowest BCUT2D eigenvalue weighted by Crippen LogP contribution is -2.38. The Bertz CT molecular complexity index is 425. The summed E-state index contributed by atoms with van der Waals surface area (Å²) in [4.78, 5) is 6.75. The van der Waals surface area contributed by atoms with Crippen LogP contribution >= 0.6 is 27.5 Å². The van der Waals surface area contributed by atoms with E-state index in [9.17, 15) is 0 Å². The van der Waals surface area contributed by atoms with Gasteiger partial charge in [-0.2, -0.15) is 0 Å². The maximum absolute atomic E-state index is 5.93. The molecule has 0 radical (unpaired) electrons. The molecular weight excluding hydrogens is 342 g/mol. The largest absolute Gasteiger partial charge is 0.383 e. The van der Waals surface area contributed by atoms with E-state index in [-0.39, 0.29) is 0 Å². The molecule has 1 aromatic rings. The number of halogens is 2. The van der Waals surface area contributed by atoms with Gasteiger partial charge in [0.05, 0.1) is 16.1 Å². The van der Waals surface area contributed by atoms with Crippen LogP contribution in [0.3, 0.4) is 0 Å². The number of pyridine rings is 1. The molecule has 20 heavy (non-hydrogen) atoms. The summed E-state index contributed by atoms with van der Waals surface area (Å²) in [7, 11) is 1.73.